The number of carboxylic acids is 1. The fourth-order valence-corrected chi connectivity index (χ4v) is 3.34. The SMILES string of the molecule is O=C(NC1(C(=O)O)CCCCCC1)c1ccn(-c2cccc([N+](=O)[O-])c2)n1. The molecule has 0 radical (unpaired) electrons. The molecule has 1 aliphatic carbocycles. The molecule has 2 aromatic rings. The summed E-state index contributed by atoms with van der Waals surface area (Å²) in [5.41, 5.74) is -0.863. The predicted molar refractivity (Wildman–Crippen MR) is 95.8 cm³/mol. The Balaban J connectivity index is 1.81. The summed E-state index contributed by atoms with van der Waals surface area (Å²) in [5.74, 6) is -1.60. The Hall–Kier alpha value is -3.23. The highest BCUT2D eigenvalue weighted by Gasteiger charge is 2.40. The number of nitro benzene ring substituents is 1. The highest BCUT2D eigenvalue weighted by Crippen LogP contribution is 2.28. The molecule has 0 atom stereocenters. The third kappa shape index (κ3) is 3.97. The number of carbonyl (C=O) groups excluding carboxylic acids is 1. The van der Waals surface area contributed by atoms with Crippen LogP contribution in [0.1, 0.15) is 49.0 Å². The van der Waals surface area contributed by atoms with E-state index in [1.54, 1.807) is 6.07 Å². The van der Waals surface area contributed by atoms with Crippen LogP contribution in [0.2, 0.25) is 0 Å². The van der Waals surface area contributed by atoms with Gasteiger partial charge in [-0.15, -0.1) is 0 Å². The van der Waals surface area contributed by atoms with Crippen LogP contribution in [-0.4, -0.2) is 37.2 Å². The summed E-state index contributed by atoms with van der Waals surface area (Å²) >= 11 is 0. The Morgan fingerprint density at radius 1 is 1.19 bits per heavy atom. The Kier molecular flexibility index (Phi) is 5.20. The van der Waals surface area contributed by atoms with E-state index in [1.807, 2.05) is 0 Å². The van der Waals surface area contributed by atoms with Gasteiger partial charge < -0.3 is 10.4 Å². The van der Waals surface area contributed by atoms with E-state index in [4.69, 9.17) is 0 Å². The molecule has 3 rings (SSSR count). The first kappa shape index (κ1) is 18.6. The smallest absolute Gasteiger partial charge is 0.329 e. The summed E-state index contributed by atoms with van der Waals surface area (Å²) in [5, 5.41) is 27.4. The molecule has 142 valence electrons. The number of amides is 1. The normalized spacial score (nSPS) is 16.3. The summed E-state index contributed by atoms with van der Waals surface area (Å²) in [6.45, 7) is 0. The van der Waals surface area contributed by atoms with E-state index in [9.17, 15) is 24.8 Å². The monoisotopic (exact) mass is 372 g/mol. The summed E-state index contributed by atoms with van der Waals surface area (Å²) in [6.07, 6.45) is 5.68. The zero-order valence-electron chi connectivity index (χ0n) is 14.6. The van der Waals surface area contributed by atoms with Gasteiger partial charge in [0.1, 0.15) is 5.54 Å². The number of hydrogen-bond donors (Lipinski definition) is 2. The lowest BCUT2D eigenvalue weighted by atomic mass is 9.90. The average Bonchev–Trinajstić information content (AvgIpc) is 3.03. The maximum absolute atomic E-state index is 12.6. The van der Waals surface area contributed by atoms with Gasteiger partial charge in [0.2, 0.25) is 0 Å². The number of carboxylic acid groups (broad SMARTS) is 1. The van der Waals surface area contributed by atoms with Gasteiger partial charge in [-0.2, -0.15) is 5.10 Å². The average molecular weight is 372 g/mol. The minimum absolute atomic E-state index is 0.0615. The second kappa shape index (κ2) is 7.56. The molecule has 1 fully saturated rings. The molecule has 1 aromatic carbocycles. The fraction of sp³-hybridized carbons (Fsp3) is 0.389. The van der Waals surface area contributed by atoms with Crippen LogP contribution in [0.4, 0.5) is 5.69 Å². The van der Waals surface area contributed by atoms with Gasteiger partial charge >= 0.3 is 5.97 Å². The molecule has 2 N–H and O–H groups in total. The minimum Gasteiger partial charge on any atom is -0.480 e. The van der Waals surface area contributed by atoms with Crippen LogP contribution in [0.3, 0.4) is 0 Å². The maximum Gasteiger partial charge on any atom is 0.329 e. The van der Waals surface area contributed by atoms with Crippen molar-refractivity contribution >= 4 is 17.6 Å². The highest BCUT2D eigenvalue weighted by molar-refractivity contribution is 5.96. The van der Waals surface area contributed by atoms with Gasteiger partial charge in [-0.05, 0) is 25.0 Å². The van der Waals surface area contributed by atoms with E-state index >= 15 is 0 Å². The Bertz CT molecular complexity index is 868. The number of nitrogens with one attached hydrogen (secondary N) is 1. The van der Waals surface area contributed by atoms with Crippen molar-refractivity contribution in [3.8, 4) is 5.69 Å². The lowest BCUT2D eigenvalue weighted by Gasteiger charge is -2.28. The molecule has 0 saturated heterocycles. The molecule has 0 spiro atoms. The second-order valence-electron chi connectivity index (χ2n) is 6.68. The van der Waals surface area contributed by atoms with Crippen LogP contribution in [-0.2, 0) is 4.79 Å². The molecule has 9 heteroatoms. The van der Waals surface area contributed by atoms with E-state index in [0.717, 1.165) is 25.7 Å². The molecular weight excluding hydrogens is 352 g/mol. The Labute approximate surface area is 155 Å². The molecule has 0 bridgehead atoms. The van der Waals surface area contributed by atoms with Crippen LogP contribution < -0.4 is 5.32 Å². The number of non-ortho nitro benzene ring substituents is 1. The van der Waals surface area contributed by atoms with Gasteiger partial charge in [-0.3, -0.25) is 14.9 Å². The lowest BCUT2D eigenvalue weighted by molar-refractivity contribution is -0.384. The van der Waals surface area contributed by atoms with Crippen molar-refractivity contribution in [2.24, 2.45) is 0 Å². The first-order valence-electron chi connectivity index (χ1n) is 8.78. The number of aromatic nitrogens is 2. The van der Waals surface area contributed by atoms with E-state index < -0.39 is 22.3 Å². The lowest BCUT2D eigenvalue weighted by Crippen LogP contribution is -2.54. The molecular formula is C18H20N4O5. The summed E-state index contributed by atoms with van der Waals surface area (Å²) in [7, 11) is 0. The first-order chi connectivity index (χ1) is 12.9. The van der Waals surface area contributed by atoms with Gasteiger partial charge in [0, 0.05) is 18.3 Å². The molecule has 1 aromatic heterocycles. The number of nitro groups is 1. The van der Waals surface area contributed by atoms with Crippen LogP contribution >= 0.6 is 0 Å². The molecule has 0 aliphatic heterocycles. The third-order valence-corrected chi connectivity index (χ3v) is 4.85. The van der Waals surface area contributed by atoms with E-state index in [-0.39, 0.29) is 11.4 Å². The maximum atomic E-state index is 12.6. The number of benzene rings is 1. The fourth-order valence-electron chi connectivity index (χ4n) is 3.34. The van der Waals surface area contributed by atoms with Crippen molar-refractivity contribution < 1.29 is 19.6 Å². The highest BCUT2D eigenvalue weighted by atomic mass is 16.6. The van der Waals surface area contributed by atoms with Gasteiger partial charge in [0.25, 0.3) is 11.6 Å². The van der Waals surface area contributed by atoms with Crippen molar-refractivity contribution in [3.63, 3.8) is 0 Å². The topological polar surface area (TPSA) is 127 Å². The number of carbonyl (C=O) groups is 2. The van der Waals surface area contributed by atoms with Crippen LogP contribution in [0, 0.1) is 10.1 Å². The third-order valence-electron chi connectivity index (χ3n) is 4.85. The van der Waals surface area contributed by atoms with Crippen molar-refractivity contribution in [2.45, 2.75) is 44.1 Å². The summed E-state index contributed by atoms with van der Waals surface area (Å²) in [4.78, 5) is 34.8. The molecule has 9 nitrogen and oxygen atoms in total. The van der Waals surface area contributed by atoms with Gasteiger partial charge in [0.05, 0.1) is 10.6 Å². The standard InChI is InChI=1S/C18H20N4O5/c23-16(19-18(17(24)25)9-3-1-2-4-10-18)15-8-11-21(20-15)13-6-5-7-14(12-13)22(26)27/h5-8,11-12H,1-4,9-10H2,(H,19,23)(H,24,25). The van der Waals surface area contributed by atoms with E-state index in [1.165, 1.54) is 35.1 Å². The predicted octanol–water partition coefficient (Wildman–Crippen LogP) is 2.69. The van der Waals surface area contributed by atoms with Gasteiger partial charge in [-0.25, -0.2) is 9.48 Å². The summed E-state index contributed by atoms with van der Waals surface area (Å²) < 4.78 is 1.35. The van der Waals surface area contributed by atoms with Crippen LogP contribution in [0.15, 0.2) is 36.5 Å². The van der Waals surface area contributed by atoms with Crippen LogP contribution in [0.5, 0.6) is 0 Å². The molecule has 1 heterocycles. The Morgan fingerprint density at radius 3 is 2.52 bits per heavy atom. The molecule has 1 saturated carbocycles. The number of rotatable bonds is 5. The molecule has 27 heavy (non-hydrogen) atoms. The number of hydrogen-bond acceptors (Lipinski definition) is 5. The quantitative estimate of drug-likeness (QED) is 0.472. The molecule has 0 unspecified atom stereocenters. The Morgan fingerprint density at radius 2 is 1.89 bits per heavy atom. The van der Waals surface area contributed by atoms with Crippen molar-refractivity contribution in [1.82, 2.24) is 15.1 Å². The van der Waals surface area contributed by atoms with Gasteiger partial charge in [-0.1, -0.05) is 31.7 Å². The summed E-state index contributed by atoms with van der Waals surface area (Å²) in [6, 6.07) is 7.33. The van der Waals surface area contributed by atoms with Crippen molar-refractivity contribution in [3.05, 3.63) is 52.3 Å². The number of aliphatic carboxylic acids is 1. The van der Waals surface area contributed by atoms with Crippen molar-refractivity contribution in [1.29, 1.82) is 0 Å². The second-order valence-corrected chi connectivity index (χ2v) is 6.68. The van der Waals surface area contributed by atoms with Crippen molar-refractivity contribution in [2.75, 3.05) is 0 Å². The largest absolute Gasteiger partial charge is 0.480 e. The zero-order valence-corrected chi connectivity index (χ0v) is 14.6. The molecule has 1 amide bonds. The van der Waals surface area contributed by atoms with E-state index in [0.29, 0.717) is 18.5 Å². The molecule has 1 aliphatic rings. The van der Waals surface area contributed by atoms with Gasteiger partial charge in [0.15, 0.2) is 5.69 Å². The number of nitrogens with zero attached hydrogens (tertiary/aromatic N) is 3. The first-order valence-corrected chi connectivity index (χ1v) is 8.78. The van der Waals surface area contributed by atoms with Crippen LogP contribution in [0.25, 0.3) is 5.69 Å². The van der Waals surface area contributed by atoms with E-state index in [2.05, 4.69) is 10.4 Å². The zero-order chi connectivity index (χ0) is 19.4. The minimum atomic E-state index is -1.27.